The highest BCUT2D eigenvalue weighted by atomic mass is 79.9. The zero-order chi connectivity index (χ0) is 12.8. The fraction of sp³-hybridized carbons (Fsp3) is 0.600. The summed E-state index contributed by atoms with van der Waals surface area (Å²) in [5, 5.41) is 4.30. The third kappa shape index (κ3) is 4.56. The second-order valence-corrected chi connectivity index (χ2v) is 6.50. The molecule has 1 nitrogen and oxygen atoms in total. The van der Waals surface area contributed by atoms with Gasteiger partial charge in [0.05, 0.1) is 0 Å². The topological polar surface area (TPSA) is 12.0 Å². The van der Waals surface area contributed by atoms with Crippen LogP contribution in [0.15, 0.2) is 22.7 Å². The predicted molar refractivity (Wildman–Crippen MR) is 82.1 cm³/mol. The van der Waals surface area contributed by atoms with Gasteiger partial charge in [-0.25, -0.2) is 0 Å². The maximum Gasteiger partial charge on any atom is 0.0417 e. The van der Waals surface area contributed by atoms with Gasteiger partial charge in [-0.3, -0.25) is 0 Å². The van der Waals surface area contributed by atoms with Crippen molar-refractivity contribution in [2.24, 2.45) is 5.92 Å². The lowest BCUT2D eigenvalue weighted by Crippen LogP contribution is -2.15. The van der Waals surface area contributed by atoms with Gasteiger partial charge in [0.15, 0.2) is 0 Å². The Morgan fingerprint density at radius 1 is 1.28 bits per heavy atom. The lowest BCUT2D eigenvalue weighted by molar-refractivity contribution is 0.470. The monoisotopic (exact) mass is 329 g/mol. The van der Waals surface area contributed by atoms with Crippen LogP contribution in [0.4, 0.5) is 0 Å². The van der Waals surface area contributed by atoms with Crippen molar-refractivity contribution < 1.29 is 0 Å². The van der Waals surface area contributed by atoms with Gasteiger partial charge in [-0.2, -0.15) is 0 Å². The minimum absolute atomic E-state index is 0.784. The SMILES string of the molecule is Clc1ccc(CNCCCC2CCCC2)c(Br)c1. The smallest absolute Gasteiger partial charge is 0.0417 e. The Balaban J connectivity index is 1.62. The Morgan fingerprint density at radius 3 is 2.78 bits per heavy atom. The zero-order valence-electron chi connectivity index (χ0n) is 10.7. The Bertz CT molecular complexity index is 375. The summed E-state index contributed by atoms with van der Waals surface area (Å²) in [6.45, 7) is 2.04. The maximum atomic E-state index is 5.92. The molecule has 0 bridgehead atoms. The summed E-state index contributed by atoms with van der Waals surface area (Å²) < 4.78 is 1.10. The predicted octanol–water partition coefficient (Wildman–Crippen LogP) is 5.16. The number of halogens is 2. The number of hydrogen-bond donors (Lipinski definition) is 1. The molecule has 0 heterocycles. The van der Waals surface area contributed by atoms with Gasteiger partial charge in [-0.15, -0.1) is 0 Å². The fourth-order valence-corrected chi connectivity index (χ4v) is 3.53. The van der Waals surface area contributed by atoms with Gasteiger partial charge in [-0.05, 0) is 43.0 Å². The lowest BCUT2D eigenvalue weighted by atomic mass is 10.0. The van der Waals surface area contributed by atoms with E-state index in [0.717, 1.165) is 28.5 Å². The van der Waals surface area contributed by atoms with Gasteiger partial charge >= 0.3 is 0 Å². The van der Waals surface area contributed by atoms with Crippen LogP contribution in [0.3, 0.4) is 0 Å². The molecule has 0 unspecified atom stereocenters. The molecule has 1 aliphatic rings. The highest BCUT2D eigenvalue weighted by Crippen LogP contribution is 2.28. The summed E-state index contributed by atoms with van der Waals surface area (Å²) in [5.74, 6) is 1.01. The van der Waals surface area contributed by atoms with E-state index in [1.54, 1.807) is 0 Å². The van der Waals surface area contributed by atoms with E-state index in [9.17, 15) is 0 Å². The summed E-state index contributed by atoms with van der Waals surface area (Å²) in [6, 6.07) is 5.98. The van der Waals surface area contributed by atoms with E-state index >= 15 is 0 Å². The van der Waals surface area contributed by atoms with Crippen molar-refractivity contribution in [3.63, 3.8) is 0 Å². The average Bonchev–Trinajstić information content (AvgIpc) is 2.84. The van der Waals surface area contributed by atoms with Crippen LogP contribution in [0.5, 0.6) is 0 Å². The molecule has 3 heteroatoms. The van der Waals surface area contributed by atoms with Crippen LogP contribution in [-0.4, -0.2) is 6.54 Å². The van der Waals surface area contributed by atoms with E-state index in [2.05, 4.69) is 27.3 Å². The van der Waals surface area contributed by atoms with Gasteiger partial charge < -0.3 is 5.32 Å². The van der Waals surface area contributed by atoms with Gasteiger partial charge in [0.25, 0.3) is 0 Å². The van der Waals surface area contributed by atoms with Crippen molar-refractivity contribution in [2.75, 3.05) is 6.54 Å². The van der Waals surface area contributed by atoms with E-state index in [1.165, 1.54) is 44.1 Å². The van der Waals surface area contributed by atoms with Crippen LogP contribution in [0.25, 0.3) is 0 Å². The van der Waals surface area contributed by atoms with Crippen molar-refractivity contribution in [1.29, 1.82) is 0 Å². The molecule has 0 aliphatic heterocycles. The summed E-state index contributed by atoms with van der Waals surface area (Å²) in [4.78, 5) is 0. The first kappa shape index (κ1) is 14.4. The molecule has 0 aromatic heterocycles. The Morgan fingerprint density at radius 2 is 2.06 bits per heavy atom. The van der Waals surface area contributed by atoms with Crippen LogP contribution in [0.2, 0.25) is 5.02 Å². The van der Waals surface area contributed by atoms with Gasteiger partial charge in [0, 0.05) is 16.0 Å². The van der Waals surface area contributed by atoms with Crippen LogP contribution >= 0.6 is 27.5 Å². The van der Waals surface area contributed by atoms with E-state index in [4.69, 9.17) is 11.6 Å². The minimum Gasteiger partial charge on any atom is -0.313 e. The molecule has 1 aromatic rings. The van der Waals surface area contributed by atoms with Crippen LogP contribution in [-0.2, 0) is 6.54 Å². The number of benzene rings is 1. The highest BCUT2D eigenvalue weighted by Gasteiger charge is 2.13. The zero-order valence-corrected chi connectivity index (χ0v) is 13.1. The van der Waals surface area contributed by atoms with Crippen molar-refractivity contribution in [2.45, 2.75) is 45.1 Å². The summed E-state index contributed by atoms with van der Waals surface area (Å²) in [7, 11) is 0. The number of nitrogens with one attached hydrogen (secondary N) is 1. The van der Waals surface area contributed by atoms with Crippen molar-refractivity contribution >= 4 is 27.5 Å². The van der Waals surface area contributed by atoms with Gasteiger partial charge in [-0.1, -0.05) is 59.3 Å². The number of hydrogen-bond acceptors (Lipinski definition) is 1. The van der Waals surface area contributed by atoms with E-state index in [-0.39, 0.29) is 0 Å². The highest BCUT2D eigenvalue weighted by molar-refractivity contribution is 9.10. The normalized spacial score (nSPS) is 16.3. The quantitative estimate of drug-likeness (QED) is 0.710. The van der Waals surface area contributed by atoms with Crippen molar-refractivity contribution in [1.82, 2.24) is 5.32 Å². The van der Waals surface area contributed by atoms with E-state index < -0.39 is 0 Å². The second-order valence-electron chi connectivity index (χ2n) is 5.21. The Kier molecular flexibility index (Phi) is 6.00. The molecule has 1 fully saturated rings. The molecule has 0 saturated heterocycles. The molecule has 0 amide bonds. The van der Waals surface area contributed by atoms with Gasteiger partial charge in [0.1, 0.15) is 0 Å². The summed E-state index contributed by atoms with van der Waals surface area (Å²) >= 11 is 9.47. The lowest BCUT2D eigenvalue weighted by Gasteiger charge is -2.10. The standard InChI is InChI=1S/C15H21BrClN/c16-15-10-14(17)8-7-13(15)11-18-9-3-6-12-4-1-2-5-12/h7-8,10,12,18H,1-6,9,11H2. The Hall–Kier alpha value is -0.0500. The molecular weight excluding hydrogens is 310 g/mol. The molecule has 1 saturated carbocycles. The van der Waals surface area contributed by atoms with Crippen LogP contribution < -0.4 is 5.32 Å². The fourth-order valence-electron chi connectivity index (χ4n) is 2.70. The molecule has 1 aromatic carbocycles. The third-order valence-corrected chi connectivity index (χ3v) is 4.74. The third-order valence-electron chi connectivity index (χ3n) is 3.77. The van der Waals surface area contributed by atoms with E-state index in [0.29, 0.717) is 0 Å². The molecule has 0 atom stereocenters. The largest absolute Gasteiger partial charge is 0.313 e. The average molecular weight is 331 g/mol. The molecule has 100 valence electrons. The molecule has 1 N–H and O–H groups in total. The Labute approximate surface area is 123 Å². The second kappa shape index (κ2) is 7.52. The van der Waals surface area contributed by atoms with E-state index in [1.807, 2.05) is 12.1 Å². The summed E-state index contributed by atoms with van der Waals surface area (Å²) in [6.07, 6.45) is 8.53. The van der Waals surface area contributed by atoms with Crippen LogP contribution in [0, 0.1) is 5.92 Å². The molecule has 2 rings (SSSR count). The summed E-state index contributed by atoms with van der Waals surface area (Å²) in [5.41, 5.74) is 1.28. The minimum atomic E-state index is 0.784. The molecule has 0 radical (unpaired) electrons. The van der Waals surface area contributed by atoms with Crippen molar-refractivity contribution in [3.05, 3.63) is 33.3 Å². The molecule has 18 heavy (non-hydrogen) atoms. The first-order chi connectivity index (χ1) is 8.75. The number of rotatable bonds is 6. The van der Waals surface area contributed by atoms with Crippen LogP contribution in [0.1, 0.15) is 44.1 Å². The molecule has 0 spiro atoms. The maximum absolute atomic E-state index is 5.92. The molecular formula is C15H21BrClN. The first-order valence-electron chi connectivity index (χ1n) is 6.90. The van der Waals surface area contributed by atoms with Gasteiger partial charge in [0.2, 0.25) is 0 Å². The molecule has 1 aliphatic carbocycles. The first-order valence-corrected chi connectivity index (χ1v) is 8.07. The van der Waals surface area contributed by atoms with Crippen molar-refractivity contribution in [3.8, 4) is 0 Å².